The molecule has 148 valence electrons. The van der Waals surface area contributed by atoms with Crippen LogP contribution < -0.4 is 10.6 Å². The summed E-state index contributed by atoms with van der Waals surface area (Å²) in [6, 6.07) is -0.393. The van der Waals surface area contributed by atoms with Gasteiger partial charge in [-0.2, -0.15) is 0 Å². The maximum Gasteiger partial charge on any atom is 0.325 e. The highest BCUT2D eigenvalue weighted by Crippen LogP contribution is 2.55. The Bertz CT molecular complexity index is 645. The maximum absolute atomic E-state index is 13.0. The lowest BCUT2D eigenvalue weighted by Gasteiger charge is -2.56. The molecule has 4 amide bonds. The Morgan fingerprint density at radius 2 is 1.63 bits per heavy atom. The predicted octanol–water partition coefficient (Wildman–Crippen LogP) is 2.57. The molecule has 0 atom stereocenters. The highest BCUT2D eigenvalue weighted by Gasteiger charge is 2.54. The van der Waals surface area contributed by atoms with Crippen molar-refractivity contribution in [3.63, 3.8) is 0 Å². The Labute approximate surface area is 160 Å². The monoisotopic (exact) mass is 373 g/mol. The lowest BCUT2D eigenvalue weighted by atomic mass is 9.53. The van der Waals surface area contributed by atoms with Gasteiger partial charge in [0.1, 0.15) is 12.1 Å². The zero-order chi connectivity index (χ0) is 18.8. The number of hydrogen-bond donors (Lipinski definition) is 2. The highest BCUT2D eigenvalue weighted by molar-refractivity contribution is 6.09. The fourth-order valence-corrected chi connectivity index (χ4v) is 7.16. The highest BCUT2D eigenvalue weighted by atomic mass is 16.2. The molecular formula is C21H31N3O3. The molecule has 6 aliphatic rings. The van der Waals surface area contributed by atoms with Gasteiger partial charge in [0.05, 0.1) is 0 Å². The quantitative estimate of drug-likeness (QED) is 0.747. The van der Waals surface area contributed by atoms with Crippen LogP contribution >= 0.6 is 0 Å². The van der Waals surface area contributed by atoms with Crippen molar-refractivity contribution in [2.24, 2.45) is 23.7 Å². The summed E-state index contributed by atoms with van der Waals surface area (Å²) in [5, 5.41) is 6.19. The molecule has 6 rings (SSSR count). The van der Waals surface area contributed by atoms with Gasteiger partial charge in [-0.3, -0.25) is 14.5 Å². The second-order valence-corrected chi connectivity index (χ2v) is 10.3. The Kier molecular flexibility index (Phi) is 3.86. The van der Waals surface area contributed by atoms with Crippen molar-refractivity contribution < 1.29 is 14.4 Å². The molecule has 2 N–H and O–H groups in total. The number of nitrogens with zero attached hydrogens (tertiary/aromatic N) is 1. The molecule has 6 fully saturated rings. The third-order valence-electron chi connectivity index (χ3n) is 8.12. The number of rotatable bonds is 3. The van der Waals surface area contributed by atoms with E-state index in [9.17, 15) is 14.4 Å². The summed E-state index contributed by atoms with van der Waals surface area (Å²) in [4.78, 5) is 39.4. The first-order chi connectivity index (χ1) is 12.9. The van der Waals surface area contributed by atoms with Crippen molar-refractivity contribution in [2.75, 3.05) is 6.54 Å². The van der Waals surface area contributed by atoms with E-state index in [1.54, 1.807) is 0 Å². The number of carbonyl (C=O) groups excluding carboxylic acids is 3. The van der Waals surface area contributed by atoms with Crippen molar-refractivity contribution >= 4 is 17.8 Å². The van der Waals surface area contributed by atoms with Crippen molar-refractivity contribution in [2.45, 2.75) is 82.2 Å². The van der Waals surface area contributed by atoms with Crippen LogP contribution in [-0.4, -0.2) is 40.4 Å². The molecule has 6 heteroatoms. The SMILES string of the molecule is CC1CCC2(CC1)NC(=O)N(CC(=O)NC13CC4CC(CC(C4)C1)C3)C2=O. The minimum atomic E-state index is -0.759. The average Bonchev–Trinajstić information content (AvgIpc) is 2.80. The van der Waals surface area contributed by atoms with E-state index in [1.165, 1.54) is 19.3 Å². The van der Waals surface area contributed by atoms with E-state index in [2.05, 4.69) is 17.6 Å². The van der Waals surface area contributed by atoms with E-state index in [4.69, 9.17) is 0 Å². The van der Waals surface area contributed by atoms with Gasteiger partial charge in [-0.1, -0.05) is 6.92 Å². The van der Waals surface area contributed by atoms with E-state index in [0.717, 1.165) is 54.8 Å². The standard InChI is InChI=1S/C21H31N3O3/c1-13-2-4-21(5-3-13)18(26)24(19(27)23-21)12-17(25)22-20-9-14-6-15(10-20)8-16(7-14)11-20/h13-16H,2-12H2,1H3,(H,22,25)(H,23,27). The Balaban J connectivity index is 1.25. The number of nitrogens with one attached hydrogen (secondary N) is 2. The maximum atomic E-state index is 13.0. The van der Waals surface area contributed by atoms with Crippen molar-refractivity contribution in [3.05, 3.63) is 0 Å². The zero-order valence-electron chi connectivity index (χ0n) is 16.3. The molecule has 27 heavy (non-hydrogen) atoms. The lowest BCUT2D eigenvalue weighted by molar-refractivity contribution is -0.137. The molecule has 0 unspecified atom stereocenters. The third kappa shape index (κ3) is 2.87. The molecule has 0 aromatic carbocycles. The molecule has 0 aromatic rings. The van der Waals surface area contributed by atoms with E-state index in [-0.39, 0.29) is 23.9 Å². The first kappa shape index (κ1) is 17.5. The molecule has 1 spiro atoms. The number of amides is 4. The van der Waals surface area contributed by atoms with Gasteiger partial charge in [-0.25, -0.2) is 4.79 Å². The van der Waals surface area contributed by atoms with Crippen LogP contribution in [0.5, 0.6) is 0 Å². The molecule has 5 saturated carbocycles. The fraction of sp³-hybridized carbons (Fsp3) is 0.857. The molecule has 4 bridgehead atoms. The zero-order valence-corrected chi connectivity index (χ0v) is 16.3. The van der Waals surface area contributed by atoms with Gasteiger partial charge in [0.15, 0.2) is 0 Å². The minimum absolute atomic E-state index is 0.0803. The summed E-state index contributed by atoms with van der Waals surface area (Å²) in [5.74, 6) is 2.48. The largest absolute Gasteiger partial charge is 0.349 e. The number of urea groups is 1. The van der Waals surface area contributed by atoms with Crippen LogP contribution in [0, 0.1) is 23.7 Å². The number of imide groups is 1. The molecule has 1 heterocycles. The minimum Gasteiger partial charge on any atom is -0.349 e. The van der Waals surface area contributed by atoms with Crippen molar-refractivity contribution in [1.82, 2.24) is 15.5 Å². The lowest BCUT2D eigenvalue weighted by Crippen LogP contribution is -2.61. The molecule has 0 radical (unpaired) electrons. The first-order valence-electron chi connectivity index (χ1n) is 10.8. The Morgan fingerprint density at radius 3 is 2.19 bits per heavy atom. The number of carbonyl (C=O) groups is 3. The summed E-state index contributed by atoms with van der Waals surface area (Å²) in [7, 11) is 0. The summed E-state index contributed by atoms with van der Waals surface area (Å²) >= 11 is 0. The normalized spacial score (nSPS) is 45.4. The van der Waals surface area contributed by atoms with Crippen LogP contribution in [0.4, 0.5) is 4.79 Å². The smallest absolute Gasteiger partial charge is 0.325 e. The van der Waals surface area contributed by atoms with E-state index in [1.807, 2.05) is 0 Å². The van der Waals surface area contributed by atoms with Gasteiger partial charge in [0.25, 0.3) is 5.91 Å². The Morgan fingerprint density at radius 1 is 1.07 bits per heavy atom. The number of hydrogen-bond acceptors (Lipinski definition) is 3. The van der Waals surface area contributed by atoms with Crippen LogP contribution in [0.1, 0.15) is 71.1 Å². The van der Waals surface area contributed by atoms with E-state index < -0.39 is 11.6 Å². The van der Waals surface area contributed by atoms with E-state index in [0.29, 0.717) is 18.8 Å². The first-order valence-corrected chi connectivity index (χ1v) is 10.8. The summed E-state index contributed by atoms with van der Waals surface area (Å²) in [5.41, 5.74) is -0.840. The van der Waals surface area contributed by atoms with Gasteiger partial charge in [0, 0.05) is 5.54 Å². The van der Waals surface area contributed by atoms with Crippen LogP contribution in [0.2, 0.25) is 0 Å². The molecule has 6 nitrogen and oxygen atoms in total. The molecular weight excluding hydrogens is 342 g/mol. The second kappa shape index (κ2) is 5.95. The molecule has 1 saturated heterocycles. The van der Waals surface area contributed by atoms with Gasteiger partial charge in [-0.15, -0.1) is 0 Å². The third-order valence-corrected chi connectivity index (χ3v) is 8.12. The van der Waals surface area contributed by atoms with Crippen molar-refractivity contribution in [3.8, 4) is 0 Å². The van der Waals surface area contributed by atoms with Crippen LogP contribution in [0.25, 0.3) is 0 Å². The fourth-order valence-electron chi connectivity index (χ4n) is 7.16. The van der Waals surface area contributed by atoms with Crippen LogP contribution in [-0.2, 0) is 9.59 Å². The second-order valence-electron chi connectivity index (χ2n) is 10.3. The Hall–Kier alpha value is -1.59. The van der Waals surface area contributed by atoms with Gasteiger partial charge < -0.3 is 10.6 Å². The van der Waals surface area contributed by atoms with Gasteiger partial charge >= 0.3 is 6.03 Å². The molecule has 0 aromatic heterocycles. The van der Waals surface area contributed by atoms with Crippen molar-refractivity contribution in [1.29, 1.82) is 0 Å². The topological polar surface area (TPSA) is 78.5 Å². The van der Waals surface area contributed by atoms with Gasteiger partial charge in [0.2, 0.25) is 5.91 Å². The summed E-state index contributed by atoms with van der Waals surface area (Å²) in [6.45, 7) is 2.05. The van der Waals surface area contributed by atoms with E-state index >= 15 is 0 Å². The molecule has 5 aliphatic carbocycles. The van der Waals surface area contributed by atoms with Crippen LogP contribution in [0.15, 0.2) is 0 Å². The summed E-state index contributed by atoms with van der Waals surface area (Å²) < 4.78 is 0. The van der Waals surface area contributed by atoms with Crippen LogP contribution in [0.3, 0.4) is 0 Å². The molecule has 1 aliphatic heterocycles. The predicted molar refractivity (Wildman–Crippen MR) is 99.7 cm³/mol. The average molecular weight is 373 g/mol. The van der Waals surface area contributed by atoms with Gasteiger partial charge in [-0.05, 0) is 87.9 Å². The summed E-state index contributed by atoms with van der Waals surface area (Å²) in [6.07, 6.45) is 10.5.